The fraction of sp³-hybridized carbons (Fsp3) is 0.600. The average Bonchev–Trinajstić information content (AvgIpc) is 2.63. The SMILES string of the molecule is CCN(CC)C(=O)NCc1cn[nH]c1C. The van der Waals surface area contributed by atoms with Crippen LogP contribution in [-0.2, 0) is 6.54 Å². The Labute approximate surface area is 89.9 Å². The first-order chi connectivity index (χ1) is 7.19. The van der Waals surface area contributed by atoms with Crippen molar-refractivity contribution in [1.82, 2.24) is 20.4 Å². The summed E-state index contributed by atoms with van der Waals surface area (Å²) >= 11 is 0. The summed E-state index contributed by atoms with van der Waals surface area (Å²) in [6.45, 7) is 7.85. The maximum Gasteiger partial charge on any atom is 0.317 e. The Hall–Kier alpha value is -1.52. The lowest BCUT2D eigenvalue weighted by Crippen LogP contribution is -2.39. The molecular formula is C10H18N4O. The van der Waals surface area contributed by atoms with Crippen LogP contribution in [0.4, 0.5) is 4.79 Å². The van der Waals surface area contributed by atoms with Gasteiger partial charge in [0, 0.05) is 30.9 Å². The van der Waals surface area contributed by atoms with Gasteiger partial charge in [-0.1, -0.05) is 0 Å². The van der Waals surface area contributed by atoms with Gasteiger partial charge in [-0.15, -0.1) is 0 Å². The van der Waals surface area contributed by atoms with Crippen LogP contribution in [0.15, 0.2) is 6.20 Å². The van der Waals surface area contributed by atoms with E-state index in [0.29, 0.717) is 6.54 Å². The summed E-state index contributed by atoms with van der Waals surface area (Å²) in [6.07, 6.45) is 1.73. The van der Waals surface area contributed by atoms with Crippen molar-refractivity contribution in [3.63, 3.8) is 0 Å². The van der Waals surface area contributed by atoms with Crippen molar-refractivity contribution >= 4 is 6.03 Å². The summed E-state index contributed by atoms with van der Waals surface area (Å²) in [4.78, 5) is 13.3. The van der Waals surface area contributed by atoms with Crippen molar-refractivity contribution in [1.29, 1.82) is 0 Å². The largest absolute Gasteiger partial charge is 0.334 e. The Bertz CT molecular complexity index is 317. The minimum absolute atomic E-state index is 0.0272. The van der Waals surface area contributed by atoms with Crippen LogP contribution in [-0.4, -0.2) is 34.2 Å². The summed E-state index contributed by atoms with van der Waals surface area (Å²) in [6, 6.07) is -0.0272. The van der Waals surface area contributed by atoms with Gasteiger partial charge in [0.05, 0.1) is 6.20 Å². The van der Waals surface area contributed by atoms with Crippen molar-refractivity contribution in [2.45, 2.75) is 27.3 Å². The molecule has 0 bridgehead atoms. The van der Waals surface area contributed by atoms with Crippen LogP contribution in [0.25, 0.3) is 0 Å². The van der Waals surface area contributed by atoms with E-state index in [9.17, 15) is 4.79 Å². The molecule has 1 rings (SSSR count). The van der Waals surface area contributed by atoms with Crippen molar-refractivity contribution in [3.8, 4) is 0 Å². The number of nitrogens with zero attached hydrogens (tertiary/aromatic N) is 2. The number of aromatic nitrogens is 2. The van der Waals surface area contributed by atoms with Crippen LogP contribution in [0, 0.1) is 6.92 Å². The van der Waals surface area contributed by atoms with Gasteiger partial charge in [-0.3, -0.25) is 5.10 Å². The second-order valence-electron chi connectivity index (χ2n) is 3.35. The molecule has 2 N–H and O–H groups in total. The molecule has 1 aromatic heterocycles. The molecule has 0 aliphatic carbocycles. The van der Waals surface area contributed by atoms with Gasteiger partial charge in [-0.2, -0.15) is 5.10 Å². The maximum atomic E-state index is 11.6. The molecule has 15 heavy (non-hydrogen) atoms. The van der Waals surface area contributed by atoms with E-state index in [2.05, 4.69) is 15.5 Å². The van der Waals surface area contributed by atoms with Crippen molar-refractivity contribution < 1.29 is 4.79 Å². The quantitative estimate of drug-likeness (QED) is 0.786. The van der Waals surface area contributed by atoms with E-state index in [4.69, 9.17) is 0 Å². The fourth-order valence-electron chi connectivity index (χ4n) is 1.35. The topological polar surface area (TPSA) is 61.0 Å². The van der Waals surface area contributed by atoms with Gasteiger partial charge in [0.15, 0.2) is 0 Å². The van der Waals surface area contributed by atoms with Crippen molar-refractivity contribution in [3.05, 3.63) is 17.5 Å². The van der Waals surface area contributed by atoms with Crippen LogP contribution in [0.5, 0.6) is 0 Å². The number of amides is 2. The first-order valence-corrected chi connectivity index (χ1v) is 5.20. The lowest BCUT2D eigenvalue weighted by Gasteiger charge is -2.18. The number of hydrogen-bond donors (Lipinski definition) is 2. The minimum atomic E-state index is -0.0272. The third kappa shape index (κ3) is 2.97. The maximum absolute atomic E-state index is 11.6. The van der Waals surface area contributed by atoms with E-state index in [0.717, 1.165) is 24.3 Å². The van der Waals surface area contributed by atoms with Gasteiger partial charge in [0.25, 0.3) is 0 Å². The Morgan fingerprint density at radius 1 is 1.53 bits per heavy atom. The number of H-pyrrole nitrogens is 1. The number of aryl methyl sites for hydroxylation is 1. The van der Waals surface area contributed by atoms with E-state index in [1.54, 1.807) is 11.1 Å². The molecule has 1 aromatic rings. The molecule has 0 aliphatic heterocycles. The van der Waals surface area contributed by atoms with E-state index in [-0.39, 0.29) is 6.03 Å². The van der Waals surface area contributed by atoms with Crippen molar-refractivity contribution in [2.24, 2.45) is 0 Å². The molecule has 0 radical (unpaired) electrons. The molecule has 0 aromatic carbocycles. The van der Waals surface area contributed by atoms with E-state index >= 15 is 0 Å². The van der Waals surface area contributed by atoms with E-state index in [1.165, 1.54) is 0 Å². The summed E-state index contributed by atoms with van der Waals surface area (Å²) in [5, 5.41) is 9.58. The van der Waals surface area contributed by atoms with Gasteiger partial charge in [-0.05, 0) is 20.8 Å². The highest BCUT2D eigenvalue weighted by Crippen LogP contribution is 2.01. The molecule has 0 saturated carbocycles. The summed E-state index contributed by atoms with van der Waals surface area (Å²) in [7, 11) is 0. The van der Waals surface area contributed by atoms with E-state index < -0.39 is 0 Å². The lowest BCUT2D eigenvalue weighted by molar-refractivity contribution is 0.203. The van der Waals surface area contributed by atoms with E-state index in [1.807, 2.05) is 20.8 Å². The number of hydrogen-bond acceptors (Lipinski definition) is 2. The normalized spacial score (nSPS) is 10.1. The minimum Gasteiger partial charge on any atom is -0.334 e. The predicted molar refractivity (Wildman–Crippen MR) is 58.5 cm³/mol. The Morgan fingerprint density at radius 2 is 2.20 bits per heavy atom. The Kier molecular flexibility index (Phi) is 4.15. The Morgan fingerprint density at radius 3 is 2.67 bits per heavy atom. The zero-order valence-electron chi connectivity index (χ0n) is 9.50. The average molecular weight is 210 g/mol. The number of aromatic amines is 1. The molecule has 1 heterocycles. The first kappa shape index (κ1) is 11.6. The monoisotopic (exact) mass is 210 g/mol. The molecule has 0 atom stereocenters. The standard InChI is InChI=1S/C10H18N4O/c1-4-14(5-2)10(15)11-6-9-7-12-13-8(9)3/h7H,4-6H2,1-3H3,(H,11,15)(H,12,13). The smallest absolute Gasteiger partial charge is 0.317 e. The van der Waals surface area contributed by atoms with Gasteiger partial charge >= 0.3 is 6.03 Å². The molecule has 0 fully saturated rings. The predicted octanol–water partition coefficient (Wildman–Crippen LogP) is 1.27. The Balaban J connectivity index is 2.43. The molecule has 0 unspecified atom stereocenters. The number of carbonyl (C=O) groups excluding carboxylic acids is 1. The highest BCUT2D eigenvalue weighted by Gasteiger charge is 2.09. The molecule has 0 spiro atoms. The van der Waals surface area contributed by atoms with Crippen LogP contribution in [0.1, 0.15) is 25.1 Å². The third-order valence-corrected chi connectivity index (χ3v) is 2.42. The van der Waals surface area contributed by atoms with Gasteiger partial charge < -0.3 is 10.2 Å². The zero-order chi connectivity index (χ0) is 11.3. The van der Waals surface area contributed by atoms with Crippen LogP contribution < -0.4 is 5.32 Å². The first-order valence-electron chi connectivity index (χ1n) is 5.20. The van der Waals surface area contributed by atoms with Gasteiger partial charge in [-0.25, -0.2) is 4.79 Å². The molecular weight excluding hydrogens is 192 g/mol. The molecule has 5 nitrogen and oxygen atoms in total. The number of carbonyl (C=O) groups is 1. The summed E-state index contributed by atoms with van der Waals surface area (Å²) in [5.41, 5.74) is 2.02. The molecule has 84 valence electrons. The van der Waals surface area contributed by atoms with Crippen LogP contribution in [0.3, 0.4) is 0 Å². The van der Waals surface area contributed by atoms with Crippen LogP contribution >= 0.6 is 0 Å². The van der Waals surface area contributed by atoms with Gasteiger partial charge in [0.1, 0.15) is 0 Å². The number of nitrogens with one attached hydrogen (secondary N) is 2. The van der Waals surface area contributed by atoms with Crippen molar-refractivity contribution in [2.75, 3.05) is 13.1 Å². The zero-order valence-corrected chi connectivity index (χ0v) is 9.50. The fourth-order valence-corrected chi connectivity index (χ4v) is 1.35. The molecule has 2 amide bonds. The highest BCUT2D eigenvalue weighted by molar-refractivity contribution is 5.74. The third-order valence-electron chi connectivity index (χ3n) is 2.42. The lowest BCUT2D eigenvalue weighted by atomic mass is 10.3. The van der Waals surface area contributed by atoms with Gasteiger partial charge in [0.2, 0.25) is 0 Å². The summed E-state index contributed by atoms with van der Waals surface area (Å²) < 4.78 is 0. The highest BCUT2D eigenvalue weighted by atomic mass is 16.2. The second kappa shape index (κ2) is 5.38. The summed E-state index contributed by atoms with van der Waals surface area (Å²) in [5.74, 6) is 0. The second-order valence-corrected chi connectivity index (χ2v) is 3.35. The molecule has 0 saturated heterocycles. The molecule has 0 aliphatic rings. The molecule has 5 heteroatoms. The number of rotatable bonds is 4. The number of urea groups is 1. The van der Waals surface area contributed by atoms with Crippen LogP contribution in [0.2, 0.25) is 0 Å².